The van der Waals surface area contributed by atoms with E-state index in [1.54, 1.807) is 0 Å². The van der Waals surface area contributed by atoms with Crippen molar-refractivity contribution in [2.24, 2.45) is 5.41 Å². The Morgan fingerprint density at radius 2 is 1.74 bits per heavy atom. The zero-order valence-electron chi connectivity index (χ0n) is 17.1. The van der Waals surface area contributed by atoms with Crippen LogP contribution >= 0.6 is 0 Å². The average molecular weight is 484 g/mol. The molecule has 0 saturated heterocycles. The summed E-state index contributed by atoms with van der Waals surface area (Å²) in [6.45, 7) is 1.29. The van der Waals surface area contributed by atoms with E-state index in [9.17, 15) is 46.1 Å². The number of carboxylic acids is 2. The van der Waals surface area contributed by atoms with Crippen molar-refractivity contribution in [3.63, 3.8) is 0 Å². The summed E-state index contributed by atoms with van der Waals surface area (Å²) in [5.41, 5.74) is -5.59. The molecule has 6 nitrogen and oxygen atoms in total. The lowest BCUT2D eigenvalue weighted by Crippen LogP contribution is -2.29. The highest BCUT2D eigenvalue weighted by molar-refractivity contribution is 6.06. The number of alkyl halides is 6. The molecule has 0 bridgehead atoms. The maximum Gasteiger partial charge on any atom is 0.431 e. The topological polar surface area (TPSA) is 103 Å². The van der Waals surface area contributed by atoms with Crippen LogP contribution in [0, 0.1) is 5.41 Å². The van der Waals surface area contributed by atoms with E-state index in [0.29, 0.717) is 0 Å². The molecule has 0 amide bonds. The summed E-state index contributed by atoms with van der Waals surface area (Å²) >= 11 is 0. The molecule has 178 valence electrons. The van der Waals surface area contributed by atoms with Crippen molar-refractivity contribution in [2.45, 2.75) is 25.7 Å². The van der Waals surface area contributed by atoms with Gasteiger partial charge in [-0.05, 0) is 37.1 Å². The molecule has 0 aliphatic heterocycles. The van der Waals surface area contributed by atoms with E-state index in [0.717, 1.165) is 6.07 Å². The SMILES string of the molecule is CC1(C(=O)O)C=C(c2cc3ccc4c(C(F)(F)F)cc(C(F)(F)F)[nH]c4c3n2)C=C(C(=O)O)C1. The number of rotatable bonds is 3. The molecule has 0 fully saturated rings. The lowest BCUT2D eigenvalue weighted by Gasteiger charge is -2.26. The van der Waals surface area contributed by atoms with Crippen molar-refractivity contribution < 1.29 is 46.1 Å². The van der Waals surface area contributed by atoms with Gasteiger partial charge in [0, 0.05) is 16.3 Å². The van der Waals surface area contributed by atoms with Crippen LogP contribution in [0.3, 0.4) is 0 Å². The Labute approximate surface area is 186 Å². The second kappa shape index (κ2) is 7.34. The van der Waals surface area contributed by atoms with Crippen LogP contribution in [-0.4, -0.2) is 32.1 Å². The summed E-state index contributed by atoms with van der Waals surface area (Å²) in [6, 6.07) is 3.58. The van der Waals surface area contributed by atoms with Gasteiger partial charge in [0.15, 0.2) is 0 Å². The second-order valence-electron chi connectivity index (χ2n) is 8.13. The molecule has 1 atom stereocenters. The normalized spacial score (nSPS) is 19.3. The van der Waals surface area contributed by atoms with Crippen molar-refractivity contribution in [1.29, 1.82) is 0 Å². The molecule has 0 radical (unpaired) electrons. The van der Waals surface area contributed by atoms with Crippen LogP contribution in [0.5, 0.6) is 0 Å². The number of aromatic nitrogens is 2. The Morgan fingerprint density at radius 1 is 1.06 bits per heavy atom. The summed E-state index contributed by atoms with van der Waals surface area (Å²) in [7, 11) is 0. The number of aromatic amines is 1. The number of aliphatic carboxylic acids is 2. The van der Waals surface area contributed by atoms with E-state index in [-0.39, 0.29) is 40.2 Å². The van der Waals surface area contributed by atoms with Gasteiger partial charge < -0.3 is 15.2 Å². The first-order valence-corrected chi connectivity index (χ1v) is 9.61. The van der Waals surface area contributed by atoms with Crippen molar-refractivity contribution in [2.75, 3.05) is 0 Å². The van der Waals surface area contributed by atoms with Gasteiger partial charge in [-0.15, -0.1) is 0 Å². The number of carbonyl (C=O) groups is 2. The predicted octanol–water partition coefficient (Wildman–Crippen LogP) is 5.64. The van der Waals surface area contributed by atoms with Crippen LogP contribution in [0.2, 0.25) is 0 Å². The van der Waals surface area contributed by atoms with Gasteiger partial charge in [-0.2, -0.15) is 26.3 Å². The van der Waals surface area contributed by atoms with E-state index in [1.807, 2.05) is 4.98 Å². The maximum atomic E-state index is 13.5. The van der Waals surface area contributed by atoms with E-state index in [2.05, 4.69) is 4.98 Å². The lowest BCUT2D eigenvalue weighted by atomic mass is 9.77. The quantitative estimate of drug-likeness (QED) is 0.418. The summed E-state index contributed by atoms with van der Waals surface area (Å²) in [6.07, 6.45) is -8.05. The molecule has 12 heteroatoms. The molecular formula is C22H14F6N2O4. The molecule has 2 heterocycles. The van der Waals surface area contributed by atoms with Crippen LogP contribution < -0.4 is 0 Å². The largest absolute Gasteiger partial charge is 0.481 e. The second-order valence-corrected chi connectivity index (χ2v) is 8.13. The highest BCUT2D eigenvalue weighted by Crippen LogP contribution is 2.42. The molecule has 1 unspecified atom stereocenters. The number of nitrogens with zero attached hydrogens (tertiary/aromatic N) is 1. The third kappa shape index (κ3) is 3.88. The fourth-order valence-electron chi connectivity index (χ4n) is 3.92. The summed E-state index contributed by atoms with van der Waals surface area (Å²) in [5, 5.41) is 18.6. The highest BCUT2D eigenvalue weighted by Gasteiger charge is 2.40. The summed E-state index contributed by atoms with van der Waals surface area (Å²) in [5.74, 6) is -2.67. The fourth-order valence-corrected chi connectivity index (χ4v) is 3.92. The molecule has 1 aliphatic rings. The average Bonchev–Trinajstić information content (AvgIpc) is 3.16. The summed E-state index contributed by atoms with van der Waals surface area (Å²) < 4.78 is 80.5. The molecule has 3 aromatic rings. The zero-order valence-corrected chi connectivity index (χ0v) is 17.1. The molecule has 0 saturated carbocycles. The molecular weight excluding hydrogens is 470 g/mol. The first-order chi connectivity index (χ1) is 15.6. The minimum absolute atomic E-state index is 0.00722. The molecule has 4 rings (SSSR count). The molecule has 2 aromatic heterocycles. The Kier molecular flexibility index (Phi) is 5.03. The van der Waals surface area contributed by atoms with Crippen LogP contribution in [0.15, 0.2) is 42.0 Å². The number of carboxylic acid groups (broad SMARTS) is 2. The standard InChI is InChI=1S/C22H14F6N2O4/c1-20(19(33)34)7-10(4-11(8-20)18(31)32)14-5-9-2-3-12-13(21(23,24)25)6-15(22(26,27)28)30-17(12)16(9)29-14/h2-7,30H,8H2,1H3,(H,31,32)(H,33,34). The van der Waals surface area contributed by atoms with Gasteiger partial charge in [0.25, 0.3) is 0 Å². The molecule has 3 N–H and O–H groups in total. The van der Waals surface area contributed by atoms with Crippen molar-refractivity contribution >= 4 is 39.3 Å². The number of hydrogen-bond acceptors (Lipinski definition) is 3. The number of nitrogens with one attached hydrogen (secondary N) is 1. The molecule has 1 aromatic carbocycles. The van der Waals surface area contributed by atoms with Crippen LogP contribution in [0.25, 0.3) is 27.4 Å². The molecule has 0 spiro atoms. The van der Waals surface area contributed by atoms with Gasteiger partial charge >= 0.3 is 24.3 Å². The van der Waals surface area contributed by atoms with Gasteiger partial charge in [0.2, 0.25) is 0 Å². The van der Waals surface area contributed by atoms with Gasteiger partial charge in [-0.25, -0.2) is 9.78 Å². The summed E-state index contributed by atoms with van der Waals surface area (Å²) in [4.78, 5) is 29.4. The number of halogens is 6. The third-order valence-electron chi connectivity index (χ3n) is 5.60. The van der Waals surface area contributed by atoms with E-state index < -0.39 is 51.9 Å². The fraction of sp³-hybridized carbons (Fsp3) is 0.227. The van der Waals surface area contributed by atoms with Crippen LogP contribution in [0.1, 0.15) is 30.3 Å². The predicted molar refractivity (Wildman–Crippen MR) is 108 cm³/mol. The van der Waals surface area contributed by atoms with E-state index in [4.69, 9.17) is 0 Å². The van der Waals surface area contributed by atoms with Crippen molar-refractivity contribution in [1.82, 2.24) is 9.97 Å². The number of fused-ring (bicyclic) bond motifs is 3. The number of hydrogen-bond donors (Lipinski definition) is 3. The van der Waals surface area contributed by atoms with E-state index >= 15 is 0 Å². The minimum Gasteiger partial charge on any atom is -0.481 e. The maximum absolute atomic E-state index is 13.5. The number of pyridine rings is 1. The van der Waals surface area contributed by atoms with E-state index in [1.165, 1.54) is 31.2 Å². The first kappa shape index (κ1) is 23.3. The highest BCUT2D eigenvalue weighted by atomic mass is 19.4. The Morgan fingerprint density at radius 3 is 2.29 bits per heavy atom. The van der Waals surface area contributed by atoms with Gasteiger partial charge in [0.1, 0.15) is 5.69 Å². The van der Waals surface area contributed by atoms with Gasteiger partial charge in [-0.1, -0.05) is 18.2 Å². The number of benzene rings is 1. The third-order valence-corrected chi connectivity index (χ3v) is 5.60. The van der Waals surface area contributed by atoms with Crippen LogP contribution in [0.4, 0.5) is 26.3 Å². The monoisotopic (exact) mass is 484 g/mol. The van der Waals surface area contributed by atoms with Gasteiger partial charge in [-0.3, -0.25) is 4.79 Å². The van der Waals surface area contributed by atoms with Crippen molar-refractivity contribution in [3.8, 4) is 0 Å². The molecule has 1 aliphatic carbocycles. The smallest absolute Gasteiger partial charge is 0.431 e. The molecule has 34 heavy (non-hydrogen) atoms. The lowest BCUT2D eigenvalue weighted by molar-refractivity contribution is -0.146. The van der Waals surface area contributed by atoms with Crippen LogP contribution in [-0.2, 0) is 21.9 Å². The first-order valence-electron chi connectivity index (χ1n) is 9.61. The number of allylic oxidation sites excluding steroid dienone is 2. The Balaban J connectivity index is 2.01. The Hall–Kier alpha value is -3.83. The van der Waals surface area contributed by atoms with Gasteiger partial charge in [0.05, 0.1) is 27.7 Å². The Bertz CT molecular complexity index is 1430. The zero-order chi connectivity index (χ0) is 25.2. The minimum atomic E-state index is -5.10. The van der Waals surface area contributed by atoms with Crippen molar-refractivity contribution in [3.05, 3.63) is 58.9 Å². The number of H-pyrrole nitrogens is 1.